The zero-order valence-corrected chi connectivity index (χ0v) is 15.3. The Morgan fingerprint density at radius 1 is 0.409 bits per heavy atom. The van der Waals surface area contributed by atoms with E-state index in [1.165, 1.54) is 0 Å². The summed E-state index contributed by atoms with van der Waals surface area (Å²) in [5.74, 6) is 2.31. The summed E-state index contributed by atoms with van der Waals surface area (Å²) in [4.78, 5) is 0. The van der Waals surface area contributed by atoms with Crippen molar-refractivity contribution in [1.82, 2.24) is 0 Å². The van der Waals surface area contributed by atoms with Crippen molar-refractivity contribution in [2.75, 3.05) is 0 Å². The Balaban J connectivity index is 1.75. The molecule has 3 aromatic carbocycles. The Hall–Kier alpha value is -2.06. The molecule has 110 valence electrons. The number of hydrogen-bond donors (Lipinski definition) is 0. The summed E-state index contributed by atoms with van der Waals surface area (Å²) in [6, 6.07) is 28.9. The molecule has 0 aliphatic rings. The van der Waals surface area contributed by atoms with Gasteiger partial charge in [-0.3, -0.25) is 0 Å². The van der Waals surface area contributed by atoms with E-state index in [0.29, 0.717) is 0 Å². The number of benzene rings is 3. The molecule has 0 spiro atoms. The van der Waals surface area contributed by atoms with Crippen LogP contribution in [0.5, 0.6) is 17.2 Å². The first-order valence-corrected chi connectivity index (χ1v) is 11.2. The Bertz CT molecular complexity index is 576. The van der Waals surface area contributed by atoms with Crippen molar-refractivity contribution in [2.45, 2.75) is 0 Å². The molecule has 0 amide bonds. The van der Waals surface area contributed by atoms with Crippen LogP contribution in [-0.2, 0) is 0 Å². The van der Waals surface area contributed by atoms with Crippen LogP contribution in [0.15, 0.2) is 91.0 Å². The topological polar surface area (TPSA) is 27.7 Å². The van der Waals surface area contributed by atoms with E-state index in [2.05, 4.69) is 0 Å². The molecule has 0 saturated heterocycles. The van der Waals surface area contributed by atoms with Crippen LogP contribution in [-0.4, -0.2) is 23.1 Å². The van der Waals surface area contributed by atoms with Crippen LogP contribution < -0.4 is 8.44 Å². The van der Waals surface area contributed by atoms with Crippen molar-refractivity contribution < 1.29 is 8.44 Å². The van der Waals surface area contributed by atoms with Gasteiger partial charge in [0, 0.05) is 0 Å². The molecule has 0 N–H and O–H groups in total. The van der Waals surface area contributed by atoms with Gasteiger partial charge in [0.25, 0.3) is 0 Å². The molecule has 0 bridgehead atoms. The van der Waals surface area contributed by atoms with E-state index in [9.17, 15) is 0 Å². The molecule has 3 aromatic rings. The van der Waals surface area contributed by atoms with Crippen LogP contribution in [0.2, 0.25) is 0 Å². The van der Waals surface area contributed by atoms with Gasteiger partial charge in [-0.25, -0.2) is 0 Å². The summed E-state index contributed by atoms with van der Waals surface area (Å²) in [6.07, 6.45) is 0. The third kappa shape index (κ3) is 4.47. The van der Waals surface area contributed by atoms with Crippen molar-refractivity contribution in [3.8, 4) is 17.2 Å². The van der Waals surface area contributed by atoms with Gasteiger partial charge in [0.1, 0.15) is 0 Å². The standard InChI is InChI=1S/3C6H6O.Bi/c3*7-6-4-2-1-3-5-6;/h3*1-5,7H;/q;;;+3/p-3. The molecule has 0 unspecified atom stereocenters. The Morgan fingerprint density at radius 3 is 0.955 bits per heavy atom. The predicted octanol–water partition coefficient (Wildman–Crippen LogP) is 4.21. The van der Waals surface area contributed by atoms with Crippen LogP contribution >= 0.6 is 0 Å². The average molecular weight is 488 g/mol. The van der Waals surface area contributed by atoms with Crippen LogP contribution in [0.25, 0.3) is 0 Å². The first kappa shape index (κ1) is 14.9. The quantitative estimate of drug-likeness (QED) is 0.487. The molecular formula is C18H15BiO3. The summed E-state index contributed by atoms with van der Waals surface area (Å²) in [5.41, 5.74) is 0. The molecule has 0 fully saturated rings. The third-order valence-electron chi connectivity index (χ3n) is 2.77. The second-order valence-electron chi connectivity index (χ2n) is 4.44. The molecule has 0 atom stereocenters. The van der Waals surface area contributed by atoms with E-state index in [0.717, 1.165) is 17.2 Å². The molecule has 0 aliphatic heterocycles. The fraction of sp³-hybridized carbons (Fsp3) is 0. The van der Waals surface area contributed by atoms with Crippen molar-refractivity contribution in [1.29, 1.82) is 0 Å². The normalized spacial score (nSPS) is 10.2. The van der Waals surface area contributed by atoms with E-state index in [-0.39, 0.29) is 0 Å². The Kier molecular flexibility index (Phi) is 5.28. The summed E-state index contributed by atoms with van der Waals surface area (Å²) in [7, 11) is 0. The van der Waals surface area contributed by atoms with Crippen LogP contribution in [0.1, 0.15) is 0 Å². The maximum atomic E-state index is 5.98. The molecule has 0 aromatic heterocycles. The Labute approximate surface area is 139 Å². The third-order valence-corrected chi connectivity index (χ3v) is 6.97. The maximum absolute atomic E-state index is 5.98. The van der Waals surface area contributed by atoms with Crippen LogP contribution in [0.3, 0.4) is 0 Å². The van der Waals surface area contributed by atoms with Gasteiger partial charge in [-0.05, 0) is 0 Å². The summed E-state index contributed by atoms with van der Waals surface area (Å²) in [6.45, 7) is 0. The van der Waals surface area contributed by atoms with E-state index >= 15 is 0 Å². The monoisotopic (exact) mass is 488 g/mol. The Morgan fingerprint density at radius 2 is 0.682 bits per heavy atom. The van der Waals surface area contributed by atoms with Gasteiger partial charge in [-0.1, -0.05) is 0 Å². The van der Waals surface area contributed by atoms with Gasteiger partial charge in [0.2, 0.25) is 0 Å². The van der Waals surface area contributed by atoms with E-state index in [1.54, 1.807) is 0 Å². The second kappa shape index (κ2) is 7.81. The molecule has 3 rings (SSSR count). The fourth-order valence-electron chi connectivity index (χ4n) is 1.76. The molecule has 0 heterocycles. The van der Waals surface area contributed by atoms with Gasteiger partial charge in [0.15, 0.2) is 0 Å². The minimum atomic E-state index is -3.13. The van der Waals surface area contributed by atoms with Gasteiger partial charge < -0.3 is 0 Å². The van der Waals surface area contributed by atoms with Crippen LogP contribution in [0.4, 0.5) is 0 Å². The summed E-state index contributed by atoms with van der Waals surface area (Å²) in [5, 5.41) is 0. The second-order valence-corrected chi connectivity index (χ2v) is 8.30. The molecule has 22 heavy (non-hydrogen) atoms. The summed E-state index contributed by atoms with van der Waals surface area (Å²) >= 11 is -3.13. The fourth-order valence-corrected chi connectivity index (χ4v) is 5.62. The van der Waals surface area contributed by atoms with E-state index in [1.807, 2.05) is 91.0 Å². The molecule has 3 nitrogen and oxygen atoms in total. The zero-order chi connectivity index (χ0) is 15.0. The zero-order valence-electron chi connectivity index (χ0n) is 11.8. The molecular weight excluding hydrogens is 473 g/mol. The molecule has 0 radical (unpaired) electrons. The number of hydrogen-bond acceptors (Lipinski definition) is 3. The van der Waals surface area contributed by atoms with Crippen molar-refractivity contribution >= 4 is 23.1 Å². The number of rotatable bonds is 6. The van der Waals surface area contributed by atoms with Crippen LogP contribution in [0, 0.1) is 0 Å². The van der Waals surface area contributed by atoms with Crippen molar-refractivity contribution in [2.24, 2.45) is 0 Å². The van der Waals surface area contributed by atoms with E-state index < -0.39 is 23.1 Å². The molecule has 0 saturated carbocycles. The van der Waals surface area contributed by atoms with Gasteiger partial charge in [-0.2, -0.15) is 0 Å². The average Bonchev–Trinajstić information content (AvgIpc) is 2.57. The first-order valence-electron chi connectivity index (χ1n) is 6.89. The first-order chi connectivity index (χ1) is 10.9. The van der Waals surface area contributed by atoms with E-state index in [4.69, 9.17) is 8.44 Å². The van der Waals surface area contributed by atoms with Gasteiger partial charge in [-0.15, -0.1) is 0 Å². The van der Waals surface area contributed by atoms with Crippen molar-refractivity contribution in [3.05, 3.63) is 91.0 Å². The van der Waals surface area contributed by atoms with Gasteiger partial charge in [0.05, 0.1) is 0 Å². The minimum absolute atomic E-state index is 0.771. The SMILES string of the molecule is c1ccc([O][Bi]([O]c2ccccc2)[O]c2ccccc2)cc1. The predicted molar refractivity (Wildman–Crippen MR) is 87.0 cm³/mol. The molecule has 4 heteroatoms. The molecule has 0 aliphatic carbocycles. The van der Waals surface area contributed by atoms with Crippen molar-refractivity contribution in [3.63, 3.8) is 0 Å². The van der Waals surface area contributed by atoms with Gasteiger partial charge >= 0.3 is 140 Å². The summed E-state index contributed by atoms with van der Waals surface area (Å²) < 4.78 is 17.9. The number of para-hydroxylation sites is 3.